The first kappa shape index (κ1) is 21.2. The molecule has 1 atom stereocenters. The van der Waals surface area contributed by atoms with E-state index in [1.165, 1.54) is 21.6 Å². The zero-order valence-corrected chi connectivity index (χ0v) is 18.2. The largest absolute Gasteiger partial charge is 0.496 e. The summed E-state index contributed by atoms with van der Waals surface area (Å²) in [4.78, 5) is 11.7. The number of allylic oxidation sites excluding steroid dienone is 2. The fraction of sp³-hybridized carbons (Fsp3) is 0.333. The molecule has 1 aliphatic heterocycles. The second-order valence-electron chi connectivity index (χ2n) is 7.57. The van der Waals surface area contributed by atoms with Crippen LogP contribution < -0.4 is 4.74 Å². The van der Waals surface area contributed by atoms with Crippen molar-refractivity contribution in [1.29, 1.82) is 0 Å². The first-order valence-corrected chi connectivity index (χ1v) is 10.7. The molecule has 4 nitrogen and oxygen atoms in total. The van der Waals surface area contributed by atoms with Crippen LogP contribution in [0.1, 0.15) is 34.7 Å². The Morgan fingerprint density at radius 1 is 1.14 bits per heavy atom. The first-order valence-electron chi connectivity index (χ1n) is 9.80. The van der Waals surface area contributed by atoms with E-state index >= 15 is 0 Å². The Morgan fingerprint density at radius 2 is 1.86 bits per heavy atom. The number of nitro groups is 1. The van der Waals surface area contributed by atoms with Gasteiger partial charge in [-0.3, -0.25) is 10.1 Å². The Bertz CT molecular complexity index is 961. The summed E-state index contributed by atoms with van der Waals surface area (Å²) in [6.07, 6.45) is 3.56. The molecule has 0 aliphatic carbocycles. The fourth-order valence-corrected chi connectivity index (χ4v) is 4.65. The summed E-state index contributed by atoms with van der Waals surface area (Å²) in [5, 5.41) is 13.0. The van der Waals surface area contributed by atoms with Crippen molar-refractivity contribution in [2.45, 2.75) is 33.6 Å². The van der Waals surface area contributed by atoms with Crippen LogP contribution in [-0.2, 0) is 12.8 Å². The van der Waals surface area contributed by atoms with Gasteiger partial charge in [-0.1, -0.05) is 66.2 Å². The molecule has 2 aromatic rings. The molecule has 5 heteroatoms. The Balaban J connectivity index is 1.77. The van der Waals surface area contributed by atoms with Crippen LogP contribution in [0.3, 0.4) is 0 Å². The van der Waals surface area contributed by atoms with Gasteiger partial charge in [0.1, 0.15) is 5.75 Å². The van der Waals surface area contributed by atoms with Crippen LogP contribution in [0.15, 0.2) is 53.5 Å². The van der Waals surface area contributed by atoms with Crippen LogP contribution in [0.25, 0.3) is 4.91 Å². The maximum atomic E-state index is 10.7. The third-order valence-electron chi connectivity index (χ3n) is 5.36. The van der Waals surface area contributed by atoms with Crippen LogP contribution in [-0.4, -0.2) is 18.6 Å². The van der Waals surface area contributed by atoms with Gasteiger partial charge in [-0.15, -0.1) is 0 Å². The Labute approximate surface area is 176 Å². The lowest BCUT2D eigenvalue weighted by atomic mass is 9.92. The van der Waals surface area contributed by atoms with Crippen molar-refractivity contribution in [3.05, 3.63) is 91.4 Å². The van der Waals surface area contributed by atoms with Crippen LogP contribution in [0, 0.1) is 29.9 Å². The number of hydrogen-bond donors (Lipinski definition) is 0. The van der Waals surface area contributed by atoms with Crippen molar-refractivity contribution < 1.29 is 9.66 Å². The van der Waals surface area contributed by atoms with E-state index in [1.807, 2.05) is 13.0 Å². The predicted molar refractivity (Wildman–Crippen MR) is 121 cm³/mol. The van der Waals surface area contributed by atoms with Gasteiger partial charge in [0.2, 0.25) is 6.54 Å². The molecule has 0 amide bonds. The number of ether oxygens (including phenoxy) is 1. The molecule has 0 fully saturated rings. The first-order chi connectivity index (χ1) is 13.9. The van der Waals surface area contributed by atoms with E-state index in [-0.39, 0.29) is 11.5 Å². The van der Waals surface area contributed by atoms with E-state index < -0.39 is 0 Å². The highest BCUT2D eigenvalue weighted by Crippen LogP contribution is 2.39. The van der Waals surface area contributed by atoms with Crippen LogP contribution >= 0.6 is 11.8 Å². The SMILES string of the molecule is COc1cc(CC[N+](=O)[O-])c(C)cc1CC1=CSC(c2ccc(C)cc2)=CC1C. The summed E-state index contributed by atoms with van der Waals surface area (Å²) in [5.41, 5.74) is 7.05. The highest BCUT2D eigenvalue weighted by Gasteiger charge is 2.18. The third kappa shape index (κ3) is 5.30. The van der Waals surface area contributed by atoms with Crippen molar-refractivity contribution in [2.75, 3.05) is 13.7 Å². The summed E-state index contributed by atoms with van der Waals surface area (Å²) < 4.78 is 5.61. The topological polar surface area (TPSA) is 52.4 Å². The summed E-state index contributed by atoms with van der Waals surface area (Å²) in [6.45, 7) is 6.28. The van der Waals surface area contributed by atoms with E-state index in [9.17, 15) is 10.1 Å². The van der Waals surface area contributed by atoms with Gasteiger partial charge >= 0.3 is 0 Å². The maximum Gasteiger partial charge on any atom is 0.207 e. The molecule has 0 bridgehead atoms. The van der Waals surface area contributed by atoms with Gasteiger partial charge < -0.3 is 4.74 Å². The predicted octanol–water partition coefficient (Wildman–Crippen LogP) is 5.98. The molecule has 0 radical (unpaired) electrons. The monoisotopic (exact) mass is 409 g/mol. The van der Waals surface area contributed by atoms with Gasteiger partial charge in [0.25, 0.3) is 0 Å². The quantitative estimate of drug-likeness (QED) is 0.417. The number of nitrogens with zero attached hydrogens (tertiary/aromatic N) is 1. The zero-order valence-electron chi connectivity index (χ0n) is 17.4. The maximum absolute atomic E-state index is 10.7. The molecule has 0 saturated carbocycles. The van der Waals surface area contributed by atoms with Gasteiger partial charge in [-0.05, 0) is 59.9 Å². The number of methoxy groups -OCH3 is 1. The molecule has 0 N–H and O–H groups in total. The normalized spacial score (nSPS) is 16.2. The third-order valence-corrected chi connectivity index (χ3v) is 6.40. The standard InChI is InChI=1S/C24H27NO3S/c1-16-5-7-19(8-6-16)24-12-18(3)22(15-29-24)13-21-11-17(2)20(9-10-25(26)27)14-23(21)28-4/h5-8,11-12,14-15,18H,9-10,13H2,1-4H3. The minimum Gasteiger partial charge on any atom is -0.496 e. The zero-order chi connectivity index (χ0) is 21.0. The number of thioether (sulfide) groups is 1. The van der Waals surface area contributed by atoms with Crippen molar-refractivity contribution in [1.82, 2.24) is 0 Å². The summed E-state index contributed by atoms with van der Waals surface area (Å²) >= 11 is 1.77. The van der Waals surface area contributed by atoms with E-state index in [0.29, 0.717) is 12.3 Å². The molecule has 2 aromatic carbocycles. The Hall–Kier alpha value is -2.53. The van der Waals surface area contributed by atoms with Gasteiger partial charge in [-0.25, -0.2) is 0 Å². The molecular formula is C24H27NO3S. The van der Waals surface area contributed by atoms with Crippen molar-refractivity contribution in [2.24, 2.45) is 5.92 Å². The smallest absolute Gasteiger partial charge is 0.207 e. The van der Waals surface area contributed by atoms with E-state index in [4.69, 9.17) is 4.74 Å². The second kappa shape index (κ2) is 9.31. The van der Waals surface area contributed by atoms with Crippen LogP contribution in [0.4, 0.5) is 0 Å². The highest BCUT2D eigenvalue weighted by atomic mass is 32.2. The van der Waals surface area contributed by atoms with Crippen molar-refractivity contribution in [3.63, 3.8) is 0 Å². The molecular weight excluding hydrogens is 382 g/mol. The van der Waals surface area contributed by atoms with E-state index in [0.717, 1.165) is 28.9 Å². The van der Waals surface area contributed by atoms with Gasteiger partial charge in [0.05, 0.1) is 7.11 Å². The number of benzene rings is 2. The fourth-order valence-electron chi connectivity index (χ4n) is 3.52. The summed E-state index contributed by atoms with van der Waals surface area (Å²) in [7, 11) is 1.66. The average molecular weight is 410 g/mol. The lowest BCUT2D eigenvalue weighted by molar-refractivity contribution is -0.479. The van der Waals surface area contributed by atoms with Crippen molar-refractivity contribution in [3.8, 4) is 5.75 Å². The number of aryl methyl sites for hydroxylation is 2. The van der Waals surface area contributed by atoms with E-state index in [1.54, 1.807) is 18.9 Å². The Kier molecular flexibility index (Phi) is 6.80. The van der Waals surface area contributed by atoms with Crippen LogP contribution in [0.2, 0.25) is 0 Å². The van der Waals surface area contributed by atoms with Crippen LogP contribution in [0.5, 0.6) is 5.75 Å². The average Bonchev–Trinajstić information content (AvgIpc) is 2.69. The lowest BCUT2D eigenvalue weighted by Crippen LogP contribution is -2.08. The molecule has 1 aliphatic rings. The highest BCUT2D eigenvalue weighted by molar-refractivity contribution is 8.11. The van der Waals surface area contributed by atoms with Gasteiger partial charge in [-0.2, -0.15) is 0 Å². The van der Waals surface area contributed by atoms with Crippen molar-refractivity contribution >= 4 is 16.7 Å². The lowest BCUT2D eigenvalue weighted by Gasteiger charge is -2.21. The minimum absolute atomic E-state index is 0.0608. The molecule has 0 saturated heterocycles. The van der Waals surface area contributed by atoms with Gasteiger partial charge in [0.15, 0.2) is 0 Å². The van der Waals surface area contributed by atoms with E-state index in [2.05, 4.69) is 55.7 Å². The van der Waals surface area contributed by atoms with Gasteiger partial charge in [0, 0.05) is 16.2 Å². The molecule has 0 spiro atoms. The molecule has 1 heterocycles. The number of hydrogen-bond acceptors (Lipinski definition) is 4. The Morgan fingerprint density at radius 3 is 2.48 bits per heavy atom. The molecule has 3 rings (SSSR count). The molecule has 1 unspecified atom stereocenters. The number of rotatable bonds is 7. The summed E-state index contributed by atoms with van der Waals surface area (Å²) in [5.74, 6) is 1.15. The molecule has 152 valence electrons. The molecule has 29 heavy (non-hydrogen) atoms. The summed E-state index contributed by atoms with van der Waals surface area (Å²) in [6, 6.07) is 12.7. The minimum atomic E-state index is -0.274. The second-order valence-corrected chi connectivity index (χ2v) is 8.48. The molecule has 0 aromatic heterocycles.